The largest absolute Gasteiger partial charge is 0.462 e. The van der Waals surface area contributed by atoms with Crippen molar-refractivity contribution in [3.63, 3.8) is 0 Å². The number of piperidine rings is 1. The monoisotopic (exact) mass is 551 g/mol. The van der Waals surface area contributed by atoms with Crippen molar-refractivity contribution in [1.82, 2.24) is 4.31 Å². The van der Waals surface area contributed by atoms with Crippen LogP contribution in [0.15, 0.2) is 70.5 Å². The summed E-state index contributed by atoms with van der Waals surface area (Å²) in [6, 6.07) is 12.8. The van der Waals surface area contributed by atoms with Gasteiger partial charge in [-0.25, -0.2) is 13.2 Å². The maximum atomic E-state index is 14.0. The summed E-state index contributed by atoms with van der Waals surface area (Å²) in [7, 11) is -3.92. The van der Waals surface area contributed by atoms with E-state index in [1.54, 1.807) is 37.3 Å². The van der Waals surface area contributed by atoms with Crippen LogP contribution in [0.2, 0.25) is 0 Å². The molecule has 0 radical (unpaired) electrons. The van der Waals surface area contributed by atoms with Gasteiger partial charge in [0.1, 0.15) is 16.7 Å². The number of ketones is 1. The summed E-state index contributed by atoms with van der Waals surface area (Å²) in [4.78, 5) is 40.7. The zero-order valence-corrected chi connectivity index (χ0v) is 22.5. The average Bonchev–Trinajstić information content (AvgIpc) is 3.20. The number of Topliss-reactive ketones (excluding diaryl/α,β-unsaturated/α-hetero) is 1. The van der Waals surface area contributed by atoms with Gasteiger partial charge in [0.05, 0.1) is 17.1 Å². The maximum absolute atomic E-state index is 14.0. The number of esters is 1. The standard InChI is InChI=1S/C28H29N3O7S/c1-3-37-26(33)23-25(29)38-24(18-10-6-4-7-11-18)22(17(2)32)28(23)20-16-19(12-13-21(20)30-27(28)34)39(35,36)31-14-8-5-9-15-31/h4,6-7,10-13,16H,3,5,8-9,14-15,29H2,1-2H3,(H,30,34). The van der Waals surface area contributed by atoms with Crippen LogP contribution in [0.1, 0.15) is 44.2 Å². The van der Waals surface area contributed by atoms with Crippen LogP contribution in [0.4, 0.5) is 5.69 Å². The van der Waals surface area contributed by atoms with Crippen LogP contribution in [0.5, 0.6) is 0 Å². The van der Waals surface area contributed by atoms with Crippen LogP contribution >= 0.6 is 0 Å². The van der Waals surface area contributed by atoms with Gasteiger partial charge in [0.25, 0.3) is 0 Å². The number of rotatable bonds is 6. The average molecular weight is 552 g/mol. The van der Waals surface area contributed by atoms with Crippen LogP contribution in [0, 0.1) is 0 Å². The lowest BCUT2D eigenvalue weighted by molar-refractivity contribution is -0.140. The quantitative estimate of drug-likeness (QED) is 0.522. The number of hydrogen-bond acceptors (Lipinski definition) is 8. The molecule has 0 aliphatic carbocycles. The number of carbonyl (C=O) groups is 3. The van der Waals surface area contributed by atoms with Gasteiger partial charge in [0.2, 0.25) is 21.8 Å². The van der Waals surface area contributed by atoms with Gasteiger partial charge >= 0.3 is 5.97 Å². The van der Waals surface area contributed by atoms with Crippen molar-refractivity contribution in [2.24, 2.45) is 5.73 Å². The molecule has 3 heterocycles. The number of hydrogen-bond donors (Lipinski definition) is 2. The minimum Gasteiger partial charge on any atom is -0.462 e. The third kappa shape index (κ3) is 4.12. The summed E-state index contributed by atoms with van der Waals surface area (Å²) in [6.45, 7) is 3.58. The van der Waals surface area contributed by atoms with E-state index in [0.717, 1.165) is 19.3 Å². The van der Waals surface area contributed by atoms with E-state index >= 15 is 0 Å². The molecule has 204 valence electrons. The summed E-state index contributed by atoms with van der Waals surface area (Å²) in [5, 5.41) is 2.73. The highest BCUT2D eigenvalue weighted by molar-refractivity contribution is 7.89. The highest BCUT2D eigenvalue weighted by atomic mass is 32.2. The zero-order chi connectivity index (χ0) is 27.9. The number of nitrogens with zero attached hydrogens (tertiary/aromatic N) is 1. The first-order valence-corrected chi connectivity index (χ1v) is 14.2. The molecular weight excluding hydrogens is 522 g/mol. The van der Waals surface area contributed by atoms with Gasteiger partial charge in [-0.1, -0.05) is 36.8 Å². The Labute approximate surface area is 226 Å². The lowest BCUT2D eigenvalue weighted by Crippen LogP contribution is -2.48. The predicted octanol–water partition coefficient (Wildman–Crippen LogP) is 2.82. The fourth-order valence-corrected chi connectivity index (χ4v) is 7.10. The van der Waals surface area contributed by atoms with Gasteiger partial charge in [-0.2, -0.15) is 4.31 Å². The second kappa shape index (κ2) is 9.97. The molecule has 39 heavy (non-hydrogen) atoms. The number of nitrogens with one attached hydrogen (secondary N) is 1. The van der Waals surface area contributed by atoms with Crippen LogP contribution in [-0.2, 0) is 39.3 Å². The van der Waals surface area contributed by atoms with Crippen molar-refractivity contribution in [3.8, 4) is 0 Å². The highest BCUT2D eigenvalue weighted by Crippen LogP contribution is 2.54. The number of fused-ring (bicyclic) bond motifs is 2. The number of carbonyl (C=O) groups excluding carboxylic acids is 3. The molecule has 1 amide bonds. The van der Waals surface area contributed by atoms with E-state index in [9.17, 15) is 22.8 Å². The third-order valence-corrected chi connectivity index (χ3v) is 9.13. The number of anilines is 1. The molecule has 1 saturated heterocycles. The van der Waals surface area contributed by atoms with Gasteiger partial charge in [0.15, 0.2) is 5.78 Å². The van der Waals surface area contributed by atoms with Crippen molar-refractivity contribution in [3.05, 3.63) is 76.7 Å². The van der Waals surface area contributed by atoms with E-state index in [1.165, 1.54) is 29.4 Å². The minimum atomic E-state index is -3.92. The van der Waals surface area contributed by atoms with E-state index in [2.05, 4.69) is 5.32 Å². The predicted molar refractivity (Wildman–Crippen MR) is 142 cm³/mol. The fourth-order valence-electron chi connectivity index (χ4n) is 5.56. The van der Waals surface area contributed by atoms with Gasteiger partial charge in [-0.05, 0) is 44.9 Å². The fraction of sp³-hybridized carbons (Fsp3) is 0.321. The molecular formula is C28H29N3O7S. The molecule has 1 unspecified atom stereocenters. The Hall–Kier alpha value is -3.96. The summed E-state index contributed by atoms with van der Waals surface area (Å²) < 4.78 is 39.8. The molecule has 0 aromatic heterocycles. The summed E-state index contributed by atoms with van der Waals surface area (Å²) in [5.74, 6) is -2.66. The van der Waals surface area contributed by atoms with E-state index < -0.39 is 39.0 Å². The smallest absolute Gasteiger partial charge is 0.341 e. The molecule has 3 aliphatic heterocycles. The second-order valence-corrected chi connectivity index (χ2v) is 11.5. The van der Waals surface area contributed by atoms with Crippen molar-refractivity contribution in [1.29, 1.82) is 0 Å². The van der Waals surface area contributed by atoms with Crippen LogP contribution < -0.4 is 11.1 Å². The topological polar surface area (TPSA) is 145 Å². The van der Waals surface area contributed by atoms with Crippen LogP contribution in [-0.4, -0.2) is 50.1 Å². The Morgan fingerprint density at radius 2 is 1.77 bits per heavy atom. The van der Waals surface area contributed by atoms with Crippen molar-refractivity contribution in [2.45, 2.75) is 43.4 Å². The first kappa shape index (κ1) is 26.6. The highest BCUT2D eigenvalue weighted by Gasteiger charge is 2.61. The molecule has 0 bridgehead atoms. The molecule has 3 aliphatic rings. The molecule has 3 N–H and O–H groups in total. The van der Waals surface area contributed by atoms with Crippen molar-refractivity contribution < 1.29 is 32.3 Å². The Morgan fingerprint density at radius 1 is 1.08 bits per heavy atom. The molecule has 1 fully saturated rings. The molecule has 1 spiro atoms. The number of nitrogens with two attached hydrogens (primary N) is 1. The van der Waals surface area contributed by atoms with Gasteiger partial charge in [-0.15, -0.1) is 0 Å². The second-order valence-electron chi connectivity index (χ2n) is 9.56. The SMILES string of the molecule is CCOC(=O)C1=C(N)OC(c2ccccc2)=C(C(C)=O)C12C(=O)Nc1ccc(S(=O)(=O)N3CCCCC3)cc12. The third-order valence-electron chi connectivity index (χ3n) is 7.24. The molecule has 10 nitrogen and oxygen atoms in total. The Bertz CT molecular complexity index is 1540. The Balaban J connectivity index is 1.83. The Morgan fingerprint density at radius 3 is 2.41 bits per heavy atom. The minimum absolute atomic E-state index is 0.000870. The summed E-state index contributed by atoms with van der Waals surface area (Å²) in [5.41, 5.74) is 4.51. The van der Waals surface area contributed by atoms with E-state index in [-0.39, 0.29) is 39.7 Å². The molecule has 0 saturated carbocycles. The first-order chi connectivity index (χ1) is 18.6. The summed E-state index contributed by atoms with van der Waals surface area (Å²) >= 11 is 0. The van der Waals surface area contributed by atoms with E-state index in [0.29, 0.717) is 18.7 Å². The number of benzene rings is 2. The lowest BCUT2D eigenvalue weighted by atomic mass is 9.66. The lowest BCUT2D eigenvalue weighted by Gasteiger charge is -2.36. The van der Waals surface area contributed by atoms with E-state index in [4.69, 9.17) is 15.2 Å². The molecule has 11 heteroatoms. The molecule has 2 aromatic rings. The normalized spacial score (nSPS) is 21.4. The van der Waals surface area contributed by atoms with Crippen molar-refractivity contribution in [2.75, 3.05) is 25.0 Å². The van der Waals surface area contributed by atoms with Gasteiger partial charge in [0, 0.05) is 29.9 Å². The van der Waals surface area contributed by atoms with Gasteiger partial charge < -0.3 is 20.5 Å². The number of ether oxygens (including phenoxy) is 2. The van der Waals surface area contributed by atoms with Crippen molar-refractivity contribution >= 4 is 39.1 Å². The zero-order valence-electron chi connectivity index (χ0n) is 21.7. The van der Waals surface area contributed by atoms with Crippen LogP contribution in [0.3, 0.4) is 0 Å². The number of sulfonamides is 1. The van der Waals surface area contributed by atoms with Gasteiger partial charge in [-0.3, -0.25) is 9.59 Å². The molecule has 1 atom stereocenters. The summed E-state index contributed by atoms with van der Waals surface area (Å²) in [6.07, 6.45) is 2.44. The first-order valence-electron chi connectivity index (χ1n) is 12.8. The number of amides is 1. The van der Waals surface area contributed by atoms with Crippen LogP contribution in [0.25, 0.3) is 5.76 Å². The molecule has 5 rings (SSSR count). The maximum Gasteiger partial charge on any atom is 0.341 e. The van der Waals surface area contributed by atoms with E-state index in [1.807, 2.05) is 0 Å². The molecule has 2 aromatic carbocycles. The Kier molecular flexibility index (Phi) is 6.81.